The monoisotopic (exact) mass is 397 g/mol. The Morgan fingerprint density at radius 1 is 1.31 bits per heavy atom. The summed E-state index contributed by atoms with van der Waals surface area (Å²) in [5, 5.41) is 5.47. The van der Waals surface area contributed by atoms with E-state index in [0.717, 1.165) is 35.3 Å². The number of aromatic amines is 1. The van der Waals surface area contributed by atoms with E-state index in [4.69, 9.17) is 5.73 Å². The number of thiophene rings is 2. The number of hydrogen-bond acceptors (Lipinski definition) is 5. The van der Waals surface area contributed by atoms with Gasteiger partial charge in [-0.15, -0.1) is 22.7 Å². The first-order valence-corrected chi connectivity index (χ1v) is 10.4. The van der Waals surface area contributed by atoms with E-state index in [-0.39, 0.29) is 5.56 Å². The maximum atomic E-state index is 12.0. The fraction of sp³-hybridized carbons (Fsp3) is 0.421. The molecule has 144 valence electrons. The number of fused-ring (bicyclic) bond motifs is 1. The number of H-pyrrole nitrogens is 1. The highest BCUT2D eigenvalue weighted by atomic mass is 32.1. The van der Waals surface area contributed by atoms with Crippen molar-refractivity contribution < 1.29 is 4.39 Å². The van der Waals surface area contributed by atoms with Gasteiger partial charge in [-0.3, -0.25) is 9.18 Å². The molecule has 0 atom stereocenters. The van der Waals surface area contributed by atoms with Gasteiger partial charge >= 0.3 is 0 Å². The molecule has 0 saturated heterocycles. The fourth-order valence-corrected chi connectivity index (χ4v) is 4.62. The third-order valence-corrected chi connectivity index (χ3v) is 5.82. The molecule has 3 aromatic heterocycles. The molecule has 0 saturated carbocycles. The van der Waals surface area contributed by atoms with Gasteiger partial charge in [-0.2, -0.15) is 0 Å². The largest absolute Gasteiger partial charge is 0.379 e. The minimum absolute atomic E-state index is 0.0621. The van der Waals surface area contributed by atoms with E-state index < -0.39 is 0 Å². The number of nitrogens with one attached hydrogen (secondary N) is 2. The Hall–Kier alpha value is -1.70. The Balaban J connectivity index is 0.000000791. The second kappa shape index (κ2) is 11.8. The van der Waals surface area contributed by atoms with Crippen LogP contribution in [-0.2, 0) is 19.4 Å². The molecule has 3 rings (SSSR count). The molecule has 0 amide bonds. The van der Waals surface area contributed by atoms with E-state index in [2.05, 4.69) is 28.7 Å². The van der Waals surface area contributed by atoms with Crippen molar-refractivity contribution in [1.29, 1.82) is 0 Å². The second-order valence-electron chi connectivity index (χ2n) is 5.08. The summed E-state index contributed by atoms with van der Waals surface area (Å²) in [4.78, 5) is 17.5. The maximum Gasteiger partial charge on any atom is 0.250 e. The van der Waals surface area contributed by atoms with Crippen LogP contribution in [0.25, 0.3) is 10.2 Å². The van der Waals surface area contributed by atoms with E-state index in [1.54, 1.807) is 28.7 Å². The standard InChI is InChI=1S/C16H19N3OS2.C2H6.CH3F/c1-2-11-13(5-6-17)22-16-12(8-14(20)19-15(11)16)18-9-10-4-3-7-21-10;2*1-2/h3-4,7-8H,2,5-6,9,17H2,1H3,(H2,18,19,20);1-2H3;1H3. The number of anilines is 1. The molecule has 26 heavy (non-hydrogen) atoms. The zero-order valence-electron chi connectivity index (χ0n) is 15.8. The first-order valence-electron chi connectivity index (χ1n) is 8.74. The first-order chi connectivity index (χ1) is 12.7. The van der Waals surface area contributed by atoms with E-state index in [0.29, 0.717) is 13.7 Å². The lowest BCUT2D eigenvalue weighted by molar-refractivity contribution is 0.636. The predicted molar refractivity (Wildman–Crippen MR) is 115 cm³/mol. The van der Waals surface area contributed by atoms with Crippen LogP contribution < -0.4 is 16.6 Å². The molecule has 4 nitrogen and oxygen atoms in total. The number of pyridine rings is 1. The zero-order chi connectivity index (χ0) is 19.5. The number of hydrogen-bond donors (Lipinski definition) is 3. The van der Waals surface area contributed by atoms with Gasteiger partial charge in [0.2, 0.25) is 0 Å². The average molecular weight is 398 g/mol. The van der Waals surface area contributed by atoms with Crippen molar-refractivity contribution in [2.75, 3.05) is 19.0 Å². The Morgan fingerprint density at radius 2 is 2.04 bits per heavy atom. The van der Waals surface area contributed by atoms with Crippen LogP contribution in [0.3, 0.4) is 0 Å². The second-order valence-corrected chi connectivity index (χ2v) is 7.22. The lowest BCUT2D eigenvalue weighted by Crippen LogP contribution is -2.08. The topological polar surface area (TPSA) is 70.9 Å². The Labute approximate surface area is 162 Å². The van der Waals surface area contributed by atoms with Crippen molar-refractivity contribution in [3.8, 4) is 0 Å². The molecular weight excluding hydrogens is 369 g/mol. The minimum atomic E-state index is -0.0621. The summed E-state index contributed by atoms with van der Waals surface area (Å²) in [7, 11) is 0.500. The number of aromatic nitrogens is 1. The molecule has 3 aromatic rings. The molecule has 0 aromatic carbocycles. The lowest BCUT2D eigenvalue weighted by atomic mass is 10.1. The van der Waals surface area contributed by atoms with Crippen LogP contribution in [0.1, 0.15) is 36.1 Å². The smallest absolute Gasteiger partial charge is 0.250 e. The van der Waals surface area contributed by atoms with Crippen molar-refractivity contribution in [2.45, 2.75) is 40.2 Å². The van der Waals surface area contributed by atoms with Gasteiger partial charge in [0.05, 0.1) is 23.1 Å². The number of halogens is 1. The molecule has 0 radical (unpaired) electrons. The Kier molecular flexibility index (Phi) is 10.2. The van der Waals surface area contributed by atoms with Crippen molar-refractivity contribution in [2.24, 2.45) is 5.73 Å². The molecule has 0 aliphatic carbocycles. The quantitative estimate of drug-likeness (QED) is 0.552. The van der Waals surface area contributed by atoms with E-state index in [9.17, 15) is 9.18 Å². The highest BCUT2D eigenvalue weighted by Crippen LogP contribution is 2.35. The van der Waals surface area contributed by atoms with E-state index in [1.165, 1.54) is 15.3 Å². The van der Waals surface area contributed by atoms with Crippen molar-refractivity contribution in [3.05, 3.63) is 49.3 Å². The summed E-state index contributed by atoms with van der Waals surface area (Å²) in [6.07, 6.45) is 1.76. The van der Waals surface area contributed by atoms with Crippen LogP contribution in [0, 0.1) is 0 Å². The third-order valence-electron chi connectivity index (χ3n) is 3.62. The molecule has 4 N–H and O–H groups in total. The van der Waals surface area contributed by atoms with Gasteiger partial charge in [0.25, 0.3) is 5.56 Å². The van der Waals surface area contributed by atoms with Gasteiger partial charge < -0.3 is 16.0 Å². The van der Waals surface area contributed by atoms with Crippen molar-refractivity contribution in [1.82, 2.24) is 4.98 Å². The third kappa shape index (κ3) is 5.40. The van der Waals surface area contributed by atoms with Gasteiger partial charge in [-0.1, -0.05) is 26.8 Å². The molecule has 0 aliphatic rings. The number of rotatable bonds is 6. The van der Waals surface area contributed by atoms with Crippen molar-refractivity contribution >= 4 is 38.6 Å². The fourth-order valence-electron chi connectivity index (χ4n) is 2.62. The molecule has 0 spiro atoms. The summed E-state index contributed by atoms with van der Waals surface area (Å²) in [5.74, 6) is 0. The zero-order valence-corrected chi connectivity index (χ0v) is 17.5. The Morgan fingerprint density at radius 3 is 2.62 bits per heavy atom. The molecular formula is C19H28FN3OS2. The minimum Gasteiger partial charge on any atom is -0.379 e. The molecule has 0 bridgehead atoms. The average Bonchev–Trinajstić information content (AvgIpc) is 3.31. The van der Waals surface area contributed by atoms with Crippen LogP contribution >= 0.6 is 22.7 Å². The molecule has 0 unspecified atom stereocenters. The summed E-state index contributed by atoms with van der Waals surface area (Å²) < 4.78 is 10.6. The van der Waals surface area contributed by atoms with Gasteiger partial charge in [-0.05, 0) is 36.4 Å². The normalized spacial score (nSPS) is 9.92. The van der Waals surface area contributed by atoms with E-state index >= 15 is 0 Å². The molecule has 0 fully saturated rings. The van der Waals surface area contributed by atoms with Crippen LogP contribution in [0.5, 0.6) is 0 Å². The summed E-state index contributed by atoms with van der Waals surface area (Å²) in [5.41, 5.74) is 8.76. The Bertz CT molecular complexity index is 825. The van der Waals surface area contributed by atoms with Gasteiger partial charge in [0.15, 0.2) is 0 Å². The van der Waals surface area contributed by atoms with Crippen LogP contribution in [-0.4, -0.2) is 18.7 Å². The molecule has 7 heteroatoms. The van der Waals surface area contributed by atoms with Crippen LogP contribution in [0.4, 0.5) is 10.1 Å². The number of nitrogens with two attached hydrogens (primary N) is 1. The maximum absolute atomic E-state index is 12.0. The summed E-state index contributed by atoms with van der Waals surface area (Å²) >= 11 is 3.45. The highest BCUT2D eigenvalue weighted by molar-refractivity contribution is 7.19. The molecule has 0 aliphatic heterocycles. The number of aryl methyl sites for hydroxylation is 1. The summed E-state index contributed by atoms with van der Waals surface area (Å²) in [6, 6.07) is 5.78. The summed E-state index contributed by atoms with van der Waals surface area (Å²) in [6.45, 7) is 7.48. The van der Waals surface area contributed by atoms with Gasteiger partial charge in [0.1, 0.15) is 0 Å². The number of alkyl halides is 1. The van der Waals surface area contributed by atoms with Crippen molar-refractivity contribution in [3.63, 3.8) is 0 Å². The highest BCUT2D eigenvalue weighted by Gasteiger charge is 2.14. The van der Waals surface area contributed by atoms with Gasteiger partial charge in [0, 0.05) is 22.4 Å². The van der Waals surface area contributed by atoms with E-state index in [1.807, 2.05) is 19.9 Å². The molecule has 3 heterocycles. The first kappa shape index (κ1) is 22.3. The van der Waals surface area contributed by atoms with Crippen LogP contribution in [0.2, 0.25) is 0 Å². The van der Waals surface area contributed by atoms with Crippen LogP contribution in [0.15, 0.2) is 28.4 Å². The SMILES string of the molecule is CC.CCc1c(CCN)sc2c(NCc3cccs3)cc(=O)[nH]c12.CF. The van der Waals surface area contributed by atoms with Gasteiger partial charge in [-0.25, -0.2) is 0 Å². The predicted octanol–water partition coefficient (Wildman–Crippen LogP) is 4.94. The lowest BCUT2D eigenvalue weighted by Gasteiger charge is -2.06.